The number of nitrogens with two attached hydrogens (primary N) is 1. The number of carboxylic acids is 1. The summed E-state index contributed by atoms with van der Waals surface area (Å²) in [5.41, 5.74) is 5.28. The zero-order chi connectivity index (χ0) is 12.1. The molecule has 0 fully saturated rings. The average molecular weight is 306 g/mol. The Bertz CT molecular complexity index is 443. The summed E-state index contributed by atoms with van der Waals surface area (Å²) in [4.78, 5) is 19.4. The number of oxime groups is 1. The van der Waals surface area contributed by atoms with Crippen LogP contribution in [0, 0.1) is 0 Å². The van der Waals surface area contributed by atoms with Gasteiger partial charge >= 0.3 is 5.97 Å². The van der Waals surface area contributed by atoms with Crippen molar-refractivity contribution < 1.29 is 14.7 Å². The maximum atomic E-state index is 10.9. The Morgan fingerprint density at radius 3 is 2.94 bits per heavy atom. The van der Waals surface area contributed by atoms with Crippen LogP contribution in [0.25, 0.3) is 0 Å². The molecular weight excluding hydrogens is 298 g/mol. The topological polar surface area (TPSA) is 97.8 Å². The van der Waals surface area contributed by atoms with Crippen molar-refractivity contribution in [3.8, 4) is 0 Å². The molecule has 1 rings (SSSR count). The monoisotopic (exact) mass is 305 g/mol. The first-order chi connectivity index (χ1) is 7.50. The van der Waals surface area contributed by atoms with Crippen LogP contribution in [-0.4, -0.2) is 28.4 Å². The molecule has 6 nitrogen and oxygen atoms in total. The summed E-state index contributed by atoms with van der Waals surface area (Å²) in [6.45, 7) is 3.59. The molecule has 0 bridgehead atoms. The number of rotatable bonds is 5. The highest BCUT2D eigenvalue weighted by atomic mass is 79.9. The lowest BCUT2D eigenvalue weighted by Crippen LogP contribution is -2.15. The minimum Gasteiger partial charge on any atom is -0.476 e. The van der Waals surface area contributed by atoms with Gasteiger partial charge in [-0.25, -0.2) is 9.78 Å². The van der Waals surface area contributed by atoms with Crippen LogP contribution in [0.4, 0.5) is 5.13 Å². The van der Waals surface area contributed by atoms with Crippen molar-refractivity contribution in [2.45, 2.75) is 0 Å². The third-order valence-electron chi connectivity index (χ3n) is 1.34. The van der Waals surface area contributed by atoms with Crippen molar-refractivity contribution >= 4 is 44.1 Å². The second-order valence-electron chi connectivity index (χ2n) is 2.61. The van der Waals surface area contributed by atoms with Crippen LogP contribution in [0.3, 0.4) is 0 Å². The van der Waals surface area contributed by atoms with Gasteiger partial charge in [0.05, 0.1) is 0 Å². The Labute approximate surface area is 104 Å². The van der Waals surface area contributed by atoms with E-state index in [1.165, 1.54) is 5.38 Å². The Morgan fingerprint density at radius 1 is 1.81 bits per heavy atom. The summed E-state index contributed by atoms with van der Waals surface area (Å²) in [6, 6.07) is 0. The maximum absolute atomic E-state index is 10.9. The van der Waals surface area contributed by atoms with Gasteiger partial charge in [0.2, 0.25) is 5.71 Å². The van der Waals surface area contributed by atoms with Crippen molar-refractivity contribution in [1.29, 1.82) is 0 Å². The number of halogens is 1. The number of hydrogen-bond donors (Lipinski definition) is 2. The molecule has 0 spiro atoms. The van der Waals surface area contributed by atoms with Crippen LogP contribution in [0.15, 0.2) is 21.6 Å². The highest BCUT2D eigenvalue weighted by Gasteiger charge is 2.16. The van der Waals surface area contributed by atoms with Gasteiger partial charge in [-0.2, -0.15) is 0 Å². The van der Waals surface area contributed by atoms with Gasteiger partial charge in [0, 0.05) is 9.86 Å². The lowest BCUT2D eigenvalue weighted by atomic mass is 10.3. The highest BCUT2D eigenvalue weighted by Crippen LogP contribution is 2.12. The van der Waals surface area contributed by atoms with E-state index in [-0.39, 0.29) is 23.1 Å². The van der Waals surface area contributed by atoms with Crippen molar-refractivity contribution in [2.24, 2.45) is 5.16 Å². The molecule has 0 atom stereocenters. The minimum absolute atomic E-state index is 0.0798. The molecule has 0 aliphatic carbocycles. The fourth-order valence-corrected chi connectivity index (χ4v) is 1.41. The number of anilines is 1. The van der Waals surface area contributed by atoms with Crippen molar-refractivity contribution in [3.63, 3.8) is 0 Å². The Kier molecular flexibility index (Phi) is 4.44. The summed E-state index contributed by atoms with van der Waals surface area (Å²) in [5, 5.41) is 14.1. The number of carboxylic acid groups (broad SMARTS) is 1. The van der Waals surface area contributed by atoms with Crippen molar-refractivity contribution in [1.82, 2.24) is 4.98 Å². The molecule has 1 heterocycles. The normalized spacial score (nSPS) is 11.2. The third-order valence-corrected chi connectivity index (χ3v) is 2.25. The molecule has 1 aromatic rings. The Morgan fingerprint density at radius 2 is 2.50 bits per heavy atom. The van der Waals surface area contributed by atoms with E-state index in [1.54, 1.807) is 0 Å². The van der Waals surface area contributed by atoms with Crippen LogP contribution < -0.4 is 5.73 Å². The molecular formula is C8H8BrN3O3S. The van der Waals surface area contributed by atoms with Crippen LogP contribution in [-0.2, 0) is 9.63 Å². The predicted octanol–water partition coefficient (Wildman–Crippen LogP) is 1.44. The molecule has 0 saturated heterocycles. The van der Waals surface area contributed by atoms with Crippen LogP contribution in [0.2, 0.25) is 0 Å². The predicted molar refractivity (Wildman–Crippen MR) is 64.7 cm³/mol. The lowest BCUT2D eigenvalue weighted by molar-refractivity contribution is -0.129. The zero-order valence-corrected chi connectivity index (χ0v) is 10.4. The number of aromatic nitrogens is 1. The summed E-state index contributed by atoms with van der Waals surface area (Å²) in [5.74, 6) is -1.23. The highest BCUT2D eigenvalue weighted by molar-refractivity contribution is 9.11. The molecule has 0 aliphatic heterocycles. The van der Waals surface area contributed by atoms with E-state index in [9.17, 15) is 4.79 Å². The first kappa shape index (κ1) is 12.7. The second kappa shape index (κ2) is 5.61. The zero-order valence-electron chi connectivity index (χ0n) is 8.01. The molecule has 0 radical (unpaired) electrons. The minimum atomic E-state index is -1.23. The molecule has 1 aromatic heterocycles. The molecule has 8 heteroatoms. The van der Waals surface area contributed by atoms with E-state index < -0.39 is 5.97 Å². The van der Waals surface area contributed by atoms with Gasteiger partial charge < -0.3 is 15.7 Å². The number of hydrogen-bond acceptors (Lipinski definition) is 6. The second-order valence-corrected chi connectivity index (χ2v) is 4.62. The lowest BCUT2D eigenvalue weighted by Gasteiger charge is -1.99. The van der Waals surface area contributed by atoms with Gasteiger partial charge in [-0.05, 0) is 0 Å². The Hall–Kier alpha value is -1.41. The van der Waals surface area contributed by atoms with E-state index in [1.807, 2.05) is 0 Å². The van der Waals surface area contributed by atoms with E-state index in [2.05, 4.69) is 32.6 Å². The first-order valence-electron chi connectivity index (χ1n) is 3.98. The number of thiazole rings is 1. The average Bonchev–Trinajstić information content (AvgIpc) is 2.58. The molecule has 0 aromatic carbocycles. The summed E-state index contributed by atoms with van der Waals surface area (Å²) >= 11 is 4.18. The molecule has 0 unspecified atom stereocenters. The summed E-state index contributed by atoms with van der Waals surface area (Å²) in [6.07, 6.45) is 0. The number of carbonyl (C=O) groups is 1. The van der Waals surface area contributed by atoms with Crippen LogP contribution >= 0.6 is 27.3 Å². The van der Waals surface area contributed by atoms with Gasteiger partial charge in [0.25, 0.3) is 0 Å². The molecule has 0 saturated carbocycles. The first-order valence-corrected chi connectivity index (χ1v) is 5.66. The van der Waals surface area contributed by atoms with Gasteiger partial charge in [-0.3, -0.25) is 0 Å². The fraction of sp³-hybridized carbons (Fsp3) is 0.125. The van der Waals surface area contributed by atoms with E-state index in [0.29, 0.717) is 4.48 Å². The molecule has 0 amide bonds. The largest absolute Gasteiger partial charge is 0.476 e. The smallest absolute Gasteiger partial charge is 0.360 e. The molecule has 0 aliphatic rings. The summed E-state index contributed by atoms with van der Waals surface area (Å²) < 4.78 is 0.554. The molecule has 3 N–H and O–H groups in total. The molecule has 16 heavy (non-hydrogen) atoms. The van der Waals surface area contributed by atoms with Gasteiger partial charge in [-0.1, -0.05) is 27.7 Å². The van der Waals surface area contributed by atoms with E-state index >= 15 is 0 Å². The van der Waals surface area contributed by atoms with Gasteiger partial charge in [-0.15, -0.1) is 11.3 Å². The van der Waals surface area contributed by atoms with Gasteiger partial charge in [0.15, 0.2) is 5.13 Å². The Balaban J connectivity index is 2.83. The molecule has 86 valence electrons. The standard InChI is InChI=1S/C8H8BrN3O3S/c1-4(9)2-15-12-6(7(13)14)5-3-16-8(10)11-5/h3H,1-2H2,(H2,10,11)(H,13,14)/b12-6-. The van der Waals surface area contributed by atoms with Crippen LogP contribution in [0.1, 0.15) is 5.69 Å². The summed E-state index contributed by atoms with van der Waals surface area (Å²) in [7, 11) is 0. The third kappa shape index (κ3) is 3.63. The SMILES string of the molecule is C=C(Br)CO/N=C(\C(=O)O)c1csc(N)n1. The van der Waals surface area contributed by atoms with E-state index in [0.717, 1.165) is 11.3 Å². The maximum Gasteiger partial charge on any atom is 0.360 e. The van der Waals surface area contributed by atoms with Crippen molar-refractivity contribution in [2.75, 3.05) is 12.3 Å². The quantitative estimate of drug-likeness (QED) is 0.633. The number of nitrogen functional groups attached to an aromatic ring is 1. The van der Waals surface area contributed by atoms with E-state index in [4.69, 9.17) is 15.7 Å². The number of aliphatic carboxylic acids is 1. The number of nitrogens with zero attached hydrogens (tertiary/aromatic N) is 2. The van der Waals surface area contributed by atoms with Gasteiger partial charge in [0.1, 0.15) is 12.3 Å². The van der Waals surface area contributed by atoms with Crippen molar-refractivity contribution in [3.05, 3.63) is 22.1 Å². The fourth-order valence-electron chi connectivity index (χ4n) is 0.759. The van der Waals surface area contributed by atoms with Crippen LogP contribution in [0.5, 0.6) is 0 Å².